The Morgan fingerprint density at radius 1 is 0.778 bits per heavy atom. The fourth-order valence-electron chi connectivity index (χ4n) is 7.60. The van der Waals surface area contributed by atoms with Crippen molar-refractivity contribution in [3.8, 4) is 0 Å². The molecule has 4 atom stereocenters. The molecule has 242 valence electrons. The topological polar surface area (TPSA) is 149 Å². The van der Waals surface area contributed by atoms with Crippen LogP contribution in [0.5, 0.6) is 0 Å². The molecule has 4 unspecified atom stereocenters. The number of hydrogen-bond acceptors (Lipinski definition) is 10. The van der Waals surface area contributed by atoms with Gasteiger partial charge in [0.05, 0.1) is 45.6 Å². The first-order chi connectivity index (χ1) is 21.6. The third kappa shape index (κ3) is 5.47. The van der Waals surface area contributed by atoms with Crippen LogP contribution in [0, 0.1) is 10.8 Å². The first-order valence-corrected chi connectivity index (χ1v) is 15.8. The van der Waals surface area contributed by atoms with Crippen LogP contribution in [0.4, 0.5) is 0 Å². The Balaban J connectivity index is 0.000000167. The van der Waals surface area contributed by atoms with Gasteiger partial charge in [-0.2, -0.15) is 0 Å². The minimum atomic E-state index is -0.730. The SMILES string of the molecule is CC1=C(N2CCC3(CCN(Cc4ccccc4)CC3O)C2=O)COC1=O.CC1=C(N2CCC3(CCNCC3O)C2=O)COC1=O. The number of nitrogens with zero attached hydrogens (tertiary/aromatic N) is 3. The Labute approximate surface area is 262 Å². The van der Waals surface area contributed by atoms with Gasteiger partial charge in [0, 0.05) is 32.7 Å². The van der Waals surface area contributed by atoms with Gasteiger partial charge in [0.2, 0.25) is 11.8 Å². The van der Waals surface area contributed by atoms with Crippen molar-refractivity contribution in [1.29, 1.82) is 0 Å². The van der Waals surface area contributed by atoms with E-state index in [2.05, 4.69) is 22.3 Å². The van der Waals surface area contributed by atoms with E-state index in [1.54, 1.807) is 23.6 Å². The van der Waals surface area contributed by atoms with Crippen LogP contribution in [0.1, 0.15) is 45.1 Å². The predicted molar refractivity (Wildman–Crippen MR) is 161 cm³/mol. The molecule has 0 radical (unpaired) electrons. The van der Waals surface area contributed by atoms with Crippen molar-refractivity contribution in [2.45, 2.75) is 58.3 Å². The smallest absolute Gasteiger partial charge is 0.336 e. The Hall–Kier alpha value is -3.58. The number of β-amino-alcohol motifs (C(OH)–C–C–N with tert-alkyl or cyclic N) is 2. The number of aliphatic hydroxyl groups is 2. The number of ether oxygens (including phenoxy) is 2. The maximum absolute atomic E-state index is 13.1. The molecule has 45 heavy (non-hydrogen) atoms. The zero-order valence-electron chi connectivity index (χ0n) is 25.9. The fraction of sp³-hybridized carbons (Fsp3) is 0.576. The van der Waals surface area contributed by atoms with E-state index in [1.165, 1.54) is 5.56 Å². The van der Waals surface area contributed by atoms with Crippen molar-refractivity contribution in [1.82, 2.24) is 20.0 Å². The Bertz CT molecular complexity index is 1440. The number of aliphatic hydroxyl groups excluding tert-OH is 2. The van der Waals surface area contributed by atoms with Gasteiger partial charge in [-0.3, -0.25) is 14.5 Å². The number of carbonyl (C=O) groups excluding carboxylic acids is 4. The third-order valence-electron chi connectivity index (χ3n) is 10.6. The predicted octanol–water partition coefficient (Wildman–Crippen LogP) is 0.693. The molecule has 6 aliphatic rings. The average molecular weight is 623 g/mol. The molecule has 7 rings (SSSR count). The van der Waals surface area contributed by atoms with Crippen molar-refractivity contribution >= 4 is 23.8 Å². The fourth-order valence-corrected chi connectivity index (χ4v) is 7.60. The van der Waals surface area contributed by atoms with Crippen LogP contribution in [0.3, 0.4) is 0 Å². The second-order valence-corrected chi connectivity index (χ2v) is 13.0. The molecule has 1 aromatic carbocycles. The van der Waals surface area contributed by atoms with Crippen molar-refractivity contribution < 1.29 is 38.9 Å². The molecule has 0 saturated carbocycles. The van der Waals surface area contributed by atoms with Crippen LogP contribution < -0.4 is 5.32 Å². The molecule has 4 saturated heterocycles. The molecule has 0 aromatic heterocycles. The summed E-state index contributed by atoms with van der Waals surface area (Å²) in [5.41, 5.74) is 2.14. The van der Waals surface area contributed by atoms with Gasteiger partial charge in [-0.05, 0) is 58.2 Å². The molecule has 12 heteroatoms. The van der Waals surface area contributed by atoms with Crippen molar-refractivity contribution in [2.75, 3.05) is 52.5 Å². The number of esters is 2. The second-order valence-electron chi connectivity index (χ2n) is 13.0. The number of rotatable bonds is 4. The standard InChI is InChI=1S/C20H24N2O4.C13H18N2O4/c1-14-16(13-26-18(14)24)22-10-8-20(19(22)25)7-9-21(12-17(20)23)11-15-5-3-2-4-6-15;1-8-9(7-19-11(8)17)15-5-3-13(12(15)18)2-4-14-6-10(13)16/h2-6,17,23H,7-13H2,1H3;10,14,16H,2-7H2,1H3. The van der Waals surface area contributed by atoms with Crippen molar-refractivity contribution in [3.63, 3.8) is 0 Å². The van der Waals surface area contributed by atoms with Crippen LogP contribution in [-0.2, 0) is 35.2 Å². The summed E-state index contributed by atoms with van der Waals surface area (Å²) in [6, 6.07) is 10.2. The minimum absolute atomic E-state index is 0.0583. The highest BCUT2D eigenvalue weighted by molar-refractivity contribution is 5.95. The van der Waals surface area contributed by atoms with Gasteiger partial charge < -0.3 is 34.8 Å². The van der Waals surface area contributed by atoms with E-state index >= 15 is 0 Å². The van der Waals surface area contributed by atoms with E-state index in [0.717, 1.165) is 19.6 Å². The lowest BCUT2D eigenvalue weighted by molar-refractivity contribution is -0.146. The Kier molecular flexibility index (Phi) is 8.59. The first kappa shape index (κ1) is 31.4. The highest BCUT2D eigenvalue weighted by atomic mass is 16.5. The number of nitrogens with one attached hydrogen (secondary N) is 1. The van der Waals surface area contributed by atoms with Gasteiger partial charge in [0.15, 0.2) is 0 Å². The Morgan fingerprint density at radius 3 is 1.80 bits per heavy atom. The van der Waals surface area contributed by atoms with Gasteiger partial charge in [-0.1, -0.05) is 30.3 Å². The number of carbonyl (C=O) groups is 4. The van der Waals surface area contributed by atoms with Gasteiger partial charge in [-0.15, -0.1) is 0 Å². The van der Waals surface area contributed by atoms with Crippen LogP contribution in [0.15, 0.2) is 52.9 Å². The summed E-state index contributed by atoms with van der Waals surface area (Å²) in [7, 11) is 0. The van der Waals surface area contributed by atoms with E-state index in [9.17, 15) is 29.4 Å². The zero-order valence-corrected chi connectivity index (χ0v) is 25.9. The summed E-state index contributed by atoms with van der Waals surface area (Å²) in [5, 5.41) is 24.1. The van der Waals surface area contributed by atoms with Gasteiger partial charge in [-0.25, -0.2) is 9.59 Å². The Morgan fingerprint density at radius 2 is 1.31 bits per heavy atom. The number of piperidine rings is 2. The van der Waals surface area contributed by atoms with Crippen LogP contribution in [-0.4, -0.2) is 113 Å². The largest absolute Gasteiger partial charge is 0.456 e. The molecule has 6 aliphatic heterocycles. The maximum Gasteiger partial charge on any atom is 0.336 e. The number of cyclic esters (lactones) is 2. The van der Waals surface area contributed by atoms with Crippen molar-refractivity contribution in [2.24, 2.45) is 10.8 Å². The molecule has 1 aromatic rings. The van der Waals surface area contributed by atoms with E-state index in [4.69, 9.17) is 9.47 Å². The van der Waals surface area contributed by atoms with Crippen LogP contribution >= 0.6 is 0 Å². The summed E-state index contributed by atoms with van der Waals surface area (Å²) < 4.78 is 10.0. The van der Waals surface area contributed by atoms with Gasteiger partial charge >= 0.3 is 11.9 Å². The average Bonchev–Trinajstić information content (AvgIpc) is 3.75. The highest BCUT2D eigenvalue weighted by Crippen LogP contribution is 2.44. The first-order valence-electron chi connectivity index (χ1n) is 15.8. The summed E-state index contributed by atoms with van der Waals surface area (Å²) in [5.74, 6) is -0.826. The summed E-state index contributed by atoms with van der Waals surface area (Å²) in [6.07, 6.45) is 1.19. The minimum Gasteiger partial charge on any atom is -0.456 e. The van der Waals surface area contributed by atoms with Crippen LogP contribution in [0.2, 0.25) is 0 Å². The van der Waals surface area contributed by atoms with E-state index in [0.29, 0.717) is 74.4 Å². The molecule has 6 heterocycles. The zero-order chi connectivity index (χ0) is 31.9. The lowest BCUT2D eigenvalue weighted by Gasteiger charge is -2.42. The molecular weight excluding hydrogens is 580 g/mol. The summed E-state index contributed by atoms with van der Waals surface area (Å²) in [6.45, 7) is 8.03. The third-order valence-corrected chi connectivity index (χ3v) is 10.6. The number of benzene rings is 1. The normalized spacial score (nSPS) is 32.2. The maximum atomic E-state index is 13.1. The highest BCUT2D eigenvalue weighted by Gasteiger charge is 2.55. The molecule has 4 fully saturated rings. The van der Waals surface area contributed by atoms with Crippen molar-refractivity contribution in [3.05, 3.63) is 58.4 Å². The molecule has 12 nitrogen and oxygen atoms in total. The summed E-state index contributed by atoms with van der Waals surface area (Å²) in [4.78, 5) is 54.3. The molecule has 2 amide bonds. The quantitative estimate of drug-likeness (QED) is 0.410. The van der Waals surface area contributed by atoms with E-state index in [1.807, 2.05) is 18.2 Å². The molecule has 0 aliphatic carbocycles. The number of likely N-dealkylation sites (tertiary alicyclic amines) is 3. The van der Waals surface area contributed by atoms with Gasteiger partial charge in [0.1, 0.15) is 13.2 Å². The lowest BCUT2D eigenvalue weighted by Crippen LogP contribution is -2.54. The molecular formula is C33H42N4O8. The summed E-state index contributed by atoms with van der Waals surface area (Å²) >= 11 is 0. The van der Waals surface area contributed by atoms with E-state index in [-0.39, 0.29) is 37.0 Å². The number of amides is 2. The van der Waals surface area contributed by atoms with Crippen LogP contribution in [0.25, 0.3) is 0 Å². The monoisotopic (exact) mass is 622 g/mol. The van der Waals surface area contributed by atoms with Gasteiger partial charge in [0.25, 0.3) is 0 Å². The lowest BCUT2D eigenvalue weighted by atomic mass is 9.74. The molecule has 0 bridgehead atoms. The van der Waals surface area contributed by atoms with E-state index < -0.39 is 23.0 Å². The molecule has 2 spiro atoms. The molecule has 3 N–H and O–H groups in total. The second kappa shape index (κ2) is 12.3. The number of hydrogen-bond donors (Lipinski definition) is 3.